The van der Waals surface area contributed by atoms with Crippen molar-refractivity contribution in [3.05, 3.63) is 0 Å². The van der Waals surface area contributed by atoms with Crippen molar-refractivity contribution < 1.29 is 28.7 Å². The zero-order chi connectivity index (χ0) is 13.6. The van der Waals surface area contributed by atoms with E-state index in [0.717, 1.165) is 0 Å². The Morgan fingerprint density at radius 2 is 1.18 bits per heavy atom. The predicted molar refractivity (Wildman–Crippen MR) is 54.1 cm³/mol. The summed E-state index contributed by atoms with van der Waals surface area (Å²) in [5.41, 5.74) is 6.86. The second-order valence-electron chi connectivity index (χ2n) is 2.92. The molecule has 0 saturated heterocycles. The number of esters is 2. The van der Waals surface area contributed by atoms with Crippen LogP contribution in [0, 0.1) is 5.41 Å². The highest BCUT2D eigenvalue weighted by Gasteiger charge is 2.60. The highest BCUT2D eigenvalue weighted by Crippen LogP contribution is 2.21. The lowest BCUT2D eigenvalue weighted by atomic mass is 9.86. The lowest BCUT2D eigenvalue weighted by Gasteiger charge is -2.22. The molecule has 0 aromatic heterocycles. The summed E-state index contributed by atoms with van der Waals surface area (Å²) in [5.74, 6) is -5.92. The topological polar surface area (TPSA) is 139 Å². The maximum absolute atomic E-state index is 11.5. The monoisotopic (exact) mass is 246 g/mol. The molecule has 8 heteroatoms. The lowest BCUT2D eigenvalue weighted by molar-refractivity contribution is -0.176. The van der Waals surface area contributed by atoms with Gasteiger partial charge in [-0.1, -0.05) is 0 Å². The Morgan fingerprint density at radius 1 is 0.882 bits per heavy atom. The Kier molecular flexibility index (Phi) is 5.10. The van der Waals surface area contributed by atoms with Gasteiger partial charge in [0.25, 0.3) is 11.8 Å². The van der Waals surface area contributed by atoms with E-state index in [0.29, 0.717) is 0 Å². The normalized spacial score (nSPS) is 10.5. The zero-order valence-corrected chi connectivity index (χ0v) is 9.52. The number of nitrogens with two attached hydrogens (primary N) is 2. The van der Waals surface area contributed by atoms with E-state index < -0.39 is 29.2 Å². The molecule has 96 valence electrons. The SMILES string of the molecule is CCOC(=O)C(C(N)=O)(C(N)=O)C(=O)OCC. The molecule has 8 nitrogen and oxygen atoms in total. The number of rotatable bonds is 6. The van der Waals surface area contributed by atoms with Gasteiger partial charge in [0.1, 0.15) is 0 Å². The van der Waals surface area contributed by atoms with Gasteiger partial charge in [-0.3, -0.25) is 9.59 Å². The van der Waals surface area contributed by atoms with Crippen molar-refractivity contribution in [1.29, 1.82) is 0 Å². The minimum atomic E-state index is -2.92. The first-order chi connectivity index (χ1) is 7.85. The van der Waals surface area contributed by atoms with E-state index in [-0.39, 0.29) is 13.2 Å². The highest BCUT2D eigenvalue weighted by molar-refractivity contribution is 6.34. The van der Waals surface area contributed by atoms with Crippen LogP contribution < -0.4 is 11.5 Å². The second-order valence-corrected chi connectivity index (χ2v) is 2.92. The van der Waals surface area contributed by atoms with E-state index in [2.05, 4.69) is 9.47 Å². The molecule has 0 atom stereocenters. The summed E-state index contributed by atoms with van der Waals surface area (Å²) in [6, 6.07) is 0. The van der Waals surface area contributed by atoms with Crippen LogP contribution in [0.25, 0.3) is 0 Å². The van der Waals surface area contributed by atoms with Crippen molar-refractivity contribution in [2.24, 2.45) is 16.9 Å². The number of carbonyl (C=O) groups is 4. The van der Waals surface area contributed by atoms with Crippen molar-refractivity contribution in [1.82, 2.24) is 0 Å². The summed E-state index contributed by atoms with van der Waals surface area (Å²) < 4.78 is 8.91. The largest absolute Gasteiger partial charge is 0.464 e. The third-order valence-electron chi connectivity index (χ3n) is 1.90. The fraction of sp³-hybridized carbons (Fsp3) is 0.556. The fourth-order valence-corrected chi connectivity index (χ4v) is 1.09. The Labute approximate surface area is 97.2 Å². The van der Waals surface area contributed by atoms with E-state index in [1.165, 1.54) is 13.8 Å². The molecular weight excluding hydrogens is 232 g/mol. The van der Waals surface area contributed by atoms with Crippen molar-refractivity contribution >= 4 is 23.8 Å². The molecule has 0 aliphatic carbocycles. The quantitative estimate of drug-likeness (QED) is 0.413. The van der Waals surface area contributed by atoms with E-state index in [1.54, 1.807) is 0 Å². The van der Waals surface area contributed by atoms with Crippen LogP contribution in [-0.2, 0) is 28.7 Å². The van der Waals surface area contributed by atoms with Crippen molar-refractivity contribution in [3.63, 3.8) is 0 Å². The van der Waals surface area contributed by atoms with Gasteiger partial charge in [0.2, 0.25) is 0 Å². The van der Waals surface area contributed by atoms with Gasteiger partial charge in [0.05, 0.1) is 13.2 Å². The second kappa shape index (κ2) is 5.83. The van der Waals surface area contributed by atoms with Gasteiger partial charge in [-0.25, -0.2) is 9.59 Å². The van der Waals surface area contributed by atoms with Crippen LogP contribution in [0.1, 0.15) is 13.8 Å². The molecule has 0 aliphatic rings. The highest BCUT2D eigenvalue weighted by atomic mass is 16.6. The van der Waals surface area contributed by atoms with Crippen molar-refractivity contribution in [2.45, 2.75) is 13.8 Å². The summed E-state index contributed by atoms with van der Waals surface area (Å²) in [4.78, 5) is 45.5. The summed E-state index contributed by atoms with van der Waals surface area (Å²) in [5, 5.41) is 0. The minimum Gasteiger partial charge on any atom is -0.464 e. The third kappa shape index (κ3) is 2.52. The minimum absolute atomic E-state index is 0.152. The van der Waals surface area contributed by atoms with Crippen LogP contribution in [0.2, 0.25) is 0 Å². The van der Waals surface area contributed by atoms with Crippen molar-refractivity contribution in [2.75, 3.05) is 13.2 Å². The fourth-order valence-electron chi connectivity index (χ4n) is 1.09. The van der Waals surface area contributed by atoms with Crippen LogP contribution in [0.15, 0.2) is 0 Å². The molecule has 0 rings (SSSR count). The van der Waals surface area contributed by atoms with Gasteiger partial charge in [-0.2, -0.15) is 0 Å². The molecule has 0 aromatic carbocycles. The van der Waals surface area contributed by atoms with Gasteiger partial charge in [-0.05, 0) is 13.8 Å². The third-order valence-corrected chi connectivity index (χ3v) is 1.90. The number of primary amides is 2. The van der Waals surface area contributed by atoms with Gasteiger partial charge < -0.3 is 20.9 Å². The first kappa shape index (κ1) is 14.9. The Hall–Kier alpha value is -2.12. The van der Waals surface area contributed by atoms with Crippen LogP contribution in [0.3, 0.4) is 0 Å². The first-order valence-electron chi connectivity index (χ1n) is 4.79. The Bertz CT molecular complexity index is 317. The van der Waals surface area contributed by atoms with Gasteiger partial charge in [0.15, 0.2) is 0 Å². The first-order valence-corrected chi connectivity index (χ1v) is 4.79. The predicted octanol–water partition coefficient (Wildman–Crippen LogP) is -1.93. The Morgan fingerprint density at radius 3 is 1.35 bits per heavy atom. The molecule has 0 bridgehead atoms. The lowest BCUT2D eigenvalue weighted by Crippen LogP contribution is -2.59. The number of ether oxygens (including phenoxy) is 2. The number of carbonyl (C=O) groups excluding carboxylic acids is 4. The van der Waals surface area contributed by atoms with Crippen LogP contribution in [0.4, 0.5) is 0 Å². The van der Waals surface area contributed by atoms with E-state index >= 15 is 0 Å². The zero-order valence-electron chi connectivity index (χ0n) is 9.52. The number of hydrogen-bond donors (Lipinski definition) is 2. The van der Waals surface area contributed by atoms with Gasteiger partial charge in [-0.15, -0.1) is 0 Å². The smallest absolute Gasteiger partial charge is 0.343 e. The van der Waals surface area contributed by atoms with E-state index in [1.807, 2.05) is 0 Å². The molecule has 0 radical (unpaired) electrons. The van der Waals surface area contributed by atoms with Crippen LogP contribution in [-0.4, -0.2) is 37.0 Å². The average molecular weight is 246 g/mol. The maximum atomic E-state index is 11.5. The van der Waals surface area contributed by atoms with Crippen LogP contribution >= 0.6 is 0 Å². The molecule has 0 spiro atoms. The Balaban J connectivity index is 5.60. The summed E-state index contributed by atoms with van der Waals surface area (Å²) in [6.07, 6.45) is 0. The molecule has 0 unspecified atom stereocenters. The summed E-state index contributed by atoms with van der Waals surface area (Å²) >= 11 is 0. The molecule has 2 amide bonds. The number of amides is 2. The molecule has 0 aliphatic heterocycles. The molecular formula is C9H14N2O6. The van der Waals surface area contributed by atoms with E-state index in [9.17, 15) is 19.2 Å². The molecule has 0 saturated carbocycles. The molecule has 0 aromatic rings. The molecule has 4 N–H and O–H groups in total. The summed E-state index contributed by atoms with van der Waals surface area (Å²) in [6.45, 7) is 2.55. The standard InChI is InChI=1S/C9H14N2O6/c1-3-16-7(14)9(5(10)12,6(11)13)8(15)17-4-2/h3-4H2,1-2H3,(H2,10,12)(H2,11,13). The van der Waals surface area contributed by atoms with E-state index in [4.69, 9.17) is 11.5 Å². The van der Waals surface area contributed by atoms with Gasteiger partial charge in [0, 0.05) is 0 Å². The number of hydrogen-bond acceptors (Lipinski definition) is 6. The average Bonchev–Trinajstić information content (AvgIpc) is 2.17. The maximum Gasteiger partial charge on any atom is 0.343 e. The van der Waals surface area contributed by atoms with Crippen molar-refractivity contribution in [3.8, 4) is 0 Å². The van der Waals surface area contributed by atoms with Gasteiger partial charge >= 0.3 is 17.4 Å². The van der Waals surface area contributed by atoms with Crippen LogP contribution in [0.5, 0.6) is 0 Å². The summed E-state index contributed by atoms with van der Waals surface area (Å²) in [7, 11) is 0. The molecule has 17 heavy (non-hydrogen) atoms. The molecule has 0 heterocycles. The molecule has 0 fully saturated rings.